The molecule has 2 aliphatic heterocycles. The van der Waals surface area contributed by atoms with Gasteiger partial charge in [-0.1, -0.05) is 18.2 Å². The second-order valence-corrected chi connectivity index (χ2v) is 3.44. The Bertz CT molecular complexity index is 630. The lowest BCUT2D eigenvalue weighted by molar-refractivity contribution is -0.105. The summed E-state index contributed by atoms with van der Waals surface area (Å²) in [6, 6.07) is 7.77. The van der Waals surface area contributed by atoms with Crippen LogP contribution in [0.15, 0.2) is 41.2 Å². The lowest BCUT2D eigenvalue weighted by Crippen LogP contribution is -1.95. The lowest BCUT2D eigenvalue weighted by Gasteiger charge is -2.04. The Balaban J connectivity index is 2.41. The van der Waals surface area contributed by atoms with Crippen molar-refractivity contribution in [3.63, 3.8) is 0 Å². The average molecular weight is 212 g/mol. The molecular formula is C12H8N2O2. The fraction of sp³-hybridized carbons (Fsp3) is 0. The first-order valence-electron chi connectivity index (χ1n) is 4.85. The molecule has 16 heavy (non-hydrogen) atoms. The van der Waals surface area contributed by atoms with Crippen molar-refractivity contribution in [2.75, 3.05) is 5.32 Å². The van der Waals surface area contributed by atoms with Gasteiger partial charge in [-0.25, -0.2) is 4.98 Å². The van der Waals surface area contributed by atoms with Crippen molar-refractivity contribution in [3.8, 4) is 11.3 Å². The predicted molar refractivity (Wildman–Crippen MR) is 60.3 cm³/mol. The molecule has 2 heterocycles. The van der Waals surface area contributed by atoms with Gasteiger partial charge < -0.3 is 9.73 Å². The van der Waals surface area contributed by atoms with Gasteiger partial charge in [0.05, 0.1) is 11.2 Å². The number of amides is 1. The summed E-state index contributed by atoms with van der Waals surface area (Å²) in [6.45, 7) is 0. The van der Waals surface area contributed by atoms with Crippen molar-refractivity contribution in [2.24, 2.45) is 0 Å². The molecule has 0 radical (unpaired) electrons. The van der Waals surface area contributed by atoms with Gasteiger partial charge in [-0.2, -0.15) is 0 Å². The van der Waals surface area contributed by atoms with E-state index in [1.54, 1.807) is 6.26 Å². The highest BCUT2D eigenvalue weighted by Gasteiger charge is 2.16. The van der Waals surface area contributed by atoms with Gasteiger partial charge in [-0.05, 0) is 6.07 Å². The van der Waals surface area contributed by atoms with Gasteiger partial charge >= 0.3 is 0 Å². The second-order valence-electron chi connectivity index (χ2n) is 3.44. The molecule has 0 spiro atoms. The van der Waals surface area contributed by atoms with Gasteiger partial charge in [0.1, 0.15) is 18.2 Å². The van der Waals surface area contributed by atoms with E-state index in [4.69, 9.17) is 4.42 Å². The number of anilines is 1. The third-order valence-corrected chi connectivity index (χ3v) is 2.52. The summed E-state index contributed by atoms with van der Waals surface area (Å²) in [6.07, 6.45) is 3.71. The standard InChI is InChI=1S/C12H8N2O2/c15-7-13-10-5-16-6-11-12(10)8-3-1-2-4-9(8)14-11/h1-7H,(H,13,15). The maximum absolute atomic E-state index is 10.5. The van der Waals surface area contributed by atoms with Gasteiger partial charge in [0.15, 0.2) is 0 Å². The molecule has 0 unspecified atom stereocenters. The minimum absolute atomic E-state index is 0.631. The number of carbonyl (C=O) groups is 1. The van der Waals surface area contributed by atoms with E-state index in [1.807, 2.05) is 24.3 Å². The van der Waals surface area contributed by atoms with Gasteiger partial charge in [0.2, 0.25) is 6.41 Å². The Labute approximate surface area is 91.2 Å². The van der Waals surface area contributed by atoms with E-state index >= 15 is 0 Å². The van der Waals surface area contributed by atoms with E-state index in [9.17, 15) is 4.79 Å². The maximum Gasteiger partial charge on any atom is 0.211 e. The SMILES string of the molecule is O=CNc1cocc2nc3ccccc3c1-2. The van der Waals surface area contributed by atoms with E-state index in [0.717, 1.165) is 22.2 Å². The molecule has 0 fully saturated rings. The normalized spacial score (nSPS) is 10.8. The number of hydrogen-bond donors (Lipinski definition) is 1. The molecule has 0 atom stereocenters. The van der Waals surface area contributed by atoms with Crippen LogP contribution in [0.2, 0.25) is 0 Å². The number of nitrogens with zero attached hydrogens (tertiary/aromatic N) is 1. The highest BCUT2D eigenvalue weighted by molar-refractivity contribution is 6.03. The number of carbonyl (C=O) groups excluding carboxylic acids is 1. The Morgan fingerprint density at radius 2 is 2.12 bits per heavy atom. The van der Waals surface area contributed by atoms with E-state index < -0.39 is 0 Å². The van der Waals surface area contributed by atoms with Crippen molar-refractivity contribution >= 4 is 23.0 Å². The highest BCUT2D eigenvalue weighted by Crippen LogP contribution is 2.36. The number of aromatic nitrogens is 1. The van der Waals surface area contributed by atoms with Crippen LogP contribution < -0.4 is 5.32 Å². The molecule has 1 aromatic rings. The fourth-order valence-electron chi connectivity index (χ4n) is 1.87. The van der Waals surface area contributed by atoms with Crippen LogP contribution in [0.4, 0.5) is 5.69 Å². The van der Waals surface area contributed by atoms with Gasteiger partial charge in [-0.3, -0.25) is 4.79 Å². The fourth-order valence-corrected chi connectivity index (χ4v) is 1.87. The van der Waals surface area contributed by atoms with Crippen LogP contribution in [0.5, 0.6) is 0 Å². The molecule has 1 N–H and O–H groups in total. The van der Waals surface area contributed by atoms with Crippen LogP contribution in [0.1, 0.15) is 0 Å². The summed E-state index contributed by atoms with van der Waals surface area (Å²) in [5.74, 6) is 0. The van der Waals surface area contributed by atoms with Crippen molar-refractivity contribution in [2.45, 2.75) is 0 Å². The summed E-state index contributed by atoms with van der Waals surface area (Å²) in [5.41, 5.74) is 3.19. The number of hydrogen-bond acceptors (Lipinski definition) is 3. The Morgan fingerprint density at radius 1 is 1.25 bits per heavy atom. The van der Waals surface area contributed by atoms with Crippen LogP contribution in [0.25, 0.3) is 22.2 Å². The predicted octanol–water partition coefficient (Wildman–Crippen LogP) is 2.50. The summed E-state index contributed by atoms with van der Waals surface area (Å²) in [5, 5.41) is 3.63. The molecule has 1 amide bonds. The van der Waals surface area contributed by atoms with Crippen LogP contribution in [-0.2, 0) is 4.79 Å². The van der Waals surface area contributed by atoms with Crippen molar-refractivity contribution in [1.82, 2.24) is 4.98 Å². The third-order valence-electron chi connectivity index (χ3n) is 2.52. The van der Waals surface area contributed by atoms with E-state index in [1.165, 1.54) is 6.26 Å². The highest BCUT2D eigenvalue weighted by atomic mass is 16.3. The maximum atomic E-state index is 10.5. The topological polar surface area (TPSA) is 55.1 Å². The van der Waals surface area contributed by atoms with Crippen molar-refractivity contribution in [3.05, 3.63) is 36.8 Å². The molecule has 0 bridgehead atoms. The van der Waals surface area contributed by atoms with Crippen molar-refractivity contribution in [1.29, 1.82) is 0 Å². The van der Waals surface area contributed by atoms with E-state index in [-0.39, 0.29) is 0 Å². The summed E-state index contributed by atoms with van der Waals surface area (Å²) < 4.78 is 5.12. The van der Waals surface area contributed by atoms with E-state index in [2.05, 4.69) is 10.3 Å². The Hall–Kier alpha value is -2.36. The quantitative estimate of drug-likeness (QED) is 0.664. The molecule has 0 saturated carbocycles. The summed E-state index contributed by atoms with van der Waals surface area (Å²) >= 11 is 0. The first-order valence-corrected chi connectivity index (χ1v) is 4.85. The van der Waals surface area contributed by atoms with Gasteiger partial charge in [0.25, 0.3) is 0 Å². The Morgan fingerprint density at radius 3 is 3.00 bits per heavy atom. The zero-order chi connectivity index (χ0) is 11.0. The average Bonchev–Trinajstić information content (AvgIpc) is 2.68. The van der Waals surface area contributed by atoms with Gasteiger partial charge in [-0.15, -0.1) is 0 Å². The molecule has 2 aliphatic rings. The summed E-state index contributed by atoms with van der Waals surface area (Å²) in [4.78, 5) is 14.9. The number of rotatable bonds is 2. The lowest BCUT2D eigenvalue weighted by atomic mass is 10.1. The number of nitrogens with one attached hydrogen (secondary N) is 1. The molecule has 4 heteroatoms. The van der Waals surface area contributed by atoms with Crippen LogP contribution in [0, 0.1) is 0 Å². The van der Waals surface area contributed by atoms with Crippen molar-refractivity contribution < 1.29 is 9.21 Å². The van der Waals surface area contributed by atoms with E-state index in [0.29, 0.717) is 12.1 Å². The first-order chi connectivity index (χ1) is 7.90. The zero-order valence-electron chi connectivity index (χ0n) is 8.31. The van der Waals surface area contributed by atoms with Gasteiger partial charge in [0, 0.05) is 10.9 Å². The van der Waals surface area contributed by atoms with Crippen LogP contribution >= 0.6 is 0 Å². The first kappa shape index (κ1) is 8.91. The molecule has 0 aliphatic carbocycles. The zero-order valence-corrected chi connectivity index (χ0v) is 8.31. The largest absolute Gasteiger partial charge is 0.468 e. The number of fused-ring (bicyclic) bond motifs is 3. The molecule has 4 nitrogen and oxygen atoms in total. The van der Waals surface area contributed by atoms with Crippen LogP contribution in [-0.4, -0.2) is 11.4 Å². The number of para-hydroxylation sites is 1. The molecule has 3 rings (SSSR count). The van der Waals surface area contributed by atoms with Crippen LogP contribution in [0.3, 0.4) is 0 Å². The monoisotopic (exact) mass is 212 g/mol. The molecule has 0 saturated heterocycles. The Kier molecular flexibility index (Phi) is 1.86. The number of benzene rings is 1. The second kappa shape index (κ2) is 3.34. The third kappa shape index (κ3) is 1.16. The minimum atomic E-state index is 0.631. The molecule has 0 aromatic heterocycles. The smallest absolute Gasteiger partial charge is 0.211 e. The molecule has 1 aromatic carbocycles. The molecule has 78 valence electrons. The molecular weight excluding hydrogens is 204 g/mol. The summed E-state index contributed by atoms with van der Waals surface area (Å²) in [7, 11) is 0. The minimum Gasteiger partial charge on any atom is -0.468 e.